The number of benzene rings is 2. The lowest BCUT2D eigenvalue weighted by Crippen LogP contribution is -2.42. The molecule has 190 valence electrons. The number of fused-ring (bicyclic) bond motifs is 3. The molecule has 0 aliphatic rings. The summed E-state index contributed by atoms with van der Waals surface area (Å²) in [4.78, 5) is 21.4. The molecule has 5 rings (SSSR count). The Morgan fingerprint density at radius 2 is 1.66 bits per heavy atom. The Balaban J connectivity index is 1.52. The summed E-state index contributed by atoms with van der Waals surface area (Å²) in [6.07, 6.45) is 4.51. The second kappa shape index (κ2) is 9.27. The molecule has 0 saturated heterocycles. The van der Waals surface area contributed by atoms with Crippen LogP contribution in [-0.4, -0.2) is 31.8 Å². The maximum Gasteiger partial charge on any atom is 0.413 e. The van der Waals surface area contributed by atoms with E-state index < -0.39 is 17.0 Å². The van der Waals surface area contributed by atoms with Crippen LogP contribution < -0.4 is 10.1 Å². The van der Waals surface area contributed by atoms with Gasteiger partial charge in [0.2, 0.25) is 0 Å². The van der Waals surface area contributed by atoms with Crippen molar-refractivity contribution in [2.24, 2.45) is 0 Å². The largest absolute Gasteiger partial charge is 0.413 e. The first-order valence-electron chi connectivity index (χ1n) is 12.3. The van der Waals surface area contributed by atoms with Gasteiger partial charge in [-0.05, 0) is 63.9 Å². The van der Waals surface area contributed by atoms with Crippen LogP contribution in [0.25, 0.3) is 44.2 Å². The van der Waals surface area contributed by atoms with E-state index in [1.54, 1.807) is 18.5 Å². The van der Waals surface area contributed by atoms with Crippen molar-refractivity contribution in [3.63, 3.8) is 0 Å². The zero-order valence-electron chi connectivity index (χ0n) is 22.0. The number of ether oxygens (including phenoxy) is 1. The molecule has 8 nitrogen and oxygen atoms in total. The fourth-order valence-corrected chi connectivity index (χ4v) is 4.27. The molecule has 0 spiro atoms. The van der Waals surface area contributed by atoms with Gasteiger partial charge in [-0.1, -0.05) is 30.3 Å². The van der Waals surface area contributed by atoms with Crippen LogP contribution in [-0.2, 0) is 5.41 Å². The number of carbonyl (C=O) groups is 1. The summed E-state index contributed by atoms with van der Waals surface area (Å²) in [6, 6.07) is 18.0. The molecule has 5 aromatic rings. The molecule has 0 fully saturated rings. The molecule has 3 heterocycles. The summed E-state index contributed by atoms with van der Waals surface area (Å²) in [5.41, 5.74) is 5.08. The van der Waals surface area contributed by atoms with E-state index in [2.05, 4.69) is 26.6 Å². The number of rotatable bonds is 4. The highest BCUT2D eigenvalue weighted by Gasteiger charge is 2.20. The molecule has 0 atom stereocenters. The number of nitrogens with zero attached hydrogens (tertiary/aromatic N) is 4. The van der Waals surface area contributed by atoms with Crippen LogP contribution in [0.1, 0.15) is 40.2 Å². The van der Waals surface area contributed by atoms with Gasteiger partial charge in [-0.2, -0.15) is 10.4 Å². The minimum atomic E-state index is -0.567. The second-order valence-electron chi connectivity index (χ2n) is 10.8. The predicted molar refractivity (Wildman–Crippen MR) is 148 cm³/mol. The molecular formula is C30H28N6O2. The second-order valence-corrected chi connectivity index (χ2v) is 10.8. The molecule has 0 saturated carbocycles. The zero-order valence-corrected chi connectivity index (χ0v) is 22.0. The van der Waals surface area contributed by atoms with Crippen molar-refractivity contribution < 1.29 is 9.53 Å². The molecule has 2 N–H and O–H groups in total. The van der Waals surface area contributed by atoms with E-state index in [4.69, 9.17) is 9.72 Å². The highest BCUT2D eigenvalue weighted by molar-refractivity contribution is 6.10. The van der Waals surface area contributed by atoms with Crippen LogP contribution in [0, 0.1) is 11.3 Å². The smallest absolute Gasteiger partial charge is 0.409 e. The van der Waals surface area contributed by atoms with Crippen LogP contribution in [0.15, 0.2) is 67.1 Å². The van der Waals surface area contributed by atoms with E-state index in [1.165, 1.54) is 6.20 Å². The van der Waals surface area contributed by atoms with E-state index >= 15 is 0 Å². The lowest BCUT2D eigenvalue weighted by atomic mass is 9.86. The Morgan fingerprint density at radius 1 is 0.921 bits per heavy atom. The fourth-order valence-electron chi connectivity index (χ4n) is 4.27. The Kier molecular flexibility index (Phi) is 6.08. The van der Waals surface area contributed by atoms with Crippen molar-refractivity contribution in [3.05, 3.63) is 72.7 Å². The van der Waals surface area contributed by atoms with Crippen LogP contribution in [0.3, 0.4) is 0 Å². The molecular weight excluding hydrogens is 476 g/mol. The quantitative estimate of drug-likeness (QED) is 0.287. The number of nitriles is 1. The van der Waals surface area contributed by atoms with Crippen molar-refractivity contribution in [2.45, 2.75) is 45.6 Å². The third-order valence-corrected chi connectivity index (χ3v) is 6.29. The summed E-state index contributed by atoms with van der Waals surface area (Å²) in [7, 11) is 0. The first-order valence-corrected chi connectivity index (χ1v) is 12.3. The summed E-state index contributed by atoms with van der Waals surface area (Å²) in [5, 5.41) is 21.5. The van der Waals surface area contributed by atoms with Crippen molar-refractivity contribution in [1.82, 2.24) is 25.5 Å². The number of aromatic nitrogens is 4. The molecule has 0 unspecified atom stereocenters. The molecule has 0 radical (unpaired) electrons. The topological polar surface area (TPSA) is 117 Å². The number of H-pyrrole nitrogens is 1. The first-order chi connectivity index (χ1) is 18.0. The maximum atomic E-state index is 12.2. The number of nitrogens with one attached hydrogen (secondary N) is 2. The maximum absolute atomic E-state index is 12.2. The minimum Gasteiger partial charge on any atom is -0.409 e. The molecule has 1 amide bonds. The number of amides is 1. The SMILES string of the molecule is CC(C)(C)NC(=O)Oc1cncc(-c2ccc3nc(-c4ccc(C(C)(C)C#N)cc4)c4[nH]ncc4c3c2)c1. The Bertz CT molecular complexity index is 1710. The summed E-state index contributed by atoms with van der Waals surface area (Å²) >= 11 is 0. The van der Waals surface area contributed by atoms with Gasteiger partial charge in [-0.15, -0.1) is 0 Å². The van der Waals surface area contributed by atoms with Gasteiger partial charge in [0, 0.05) is 33.6 Å². The van der Waals surface area contributed by atoms with Gasteiger partial charge in [-0.25, -0.2) is 9.78 Å². The number of pyridine rings is 2. The number of aromatic amines is 1. The fraction of sp³-hybridized carbons (Fsp3) is 0.233. The van der Waals surface area contributed by atoms with Gasteiger partial charge in [0.1, 0.15) is 0 Å². The number of hydrogen-bond donors (Lipinski definition) is 2. The molecule has 0 bridgehead atoms. The molecule has 38 heavy (non-hydrogen) atoms. The van der Waals surface area contributed by atoms with E-state index in [9.17, 15) is 10.1 Å². The summed E-state index contributed by atoms with van der Waals surface area (Å²) < 4.78 is 5.44. The summed E-state index contributed by atoms with van der Waals surface area (Å²) in [5.74, 6) is 0.356. The van der Waals surface area contributed by atoms with Crippen molar-refractivity contribution in [2.75, 3.05) is 0 Å². The third-order valence-electron chi connectivity index (χ3n) is 6.29. The van der Waals surface area contributed by atoms with Crippen molar-refractivity contribution in [1.29, 1.82) is 5.26 Å². The normalized spacial score (nSPS) is 11.9. The van der Waals surface area contributed by atoms with Gasteiger partial charge in [0.05, 0.1) is 40.6 Å². The van der Waals surface area contributed by atoms with Gasteiger partial charge in [0.25, 0.3) is 0 Å². The molecule has 2 aromatic carbocycles. The predicted octanol–water partition coefficient (Wildman–Crippen LogP) is 6.53. The average molecular weight is 505 g/mol. The molecule has 3 aromatic heterocycles. The Morgan fingerprint density at radius 3 is 2.37 bits per heavy atom. The standard InChI is InChI=1S/C30H28N6O2/c1-29(2,3)35-28(37)38-22-12-20(14-32-15-22)19-8-11-25-23(13-19)24-16-33-36-27(24)26(34-25)18-6-9-21(10-7-18)30(4,5)17-31/h6-16H,1-5H3,(H,33,36)(H,35,37). The van der Waals surface area contributed by atoms with Crippen molar-refractivity contribution >= 4 is 27.9 Å². The minimum absolute atomic E-state index is 0.356. The lowest BCUT2D eigenvalue weighted by Gasteiger charge is -2.19. The Labute approximate surface area is 220 Å². The molecule has 0 aliphatic heterocycles. The van der Waals surface area contributed by atoms with Crippen LogP contribution in [0.4, 0.5) is 4.79 Å². The monoisotopic (exact) mass is 504 g/mol. The third kappa shape index (κ3) is 4.91. The van der Waals surface area contributed by atoms with Crippen LogP contribution in [0.5, 0.6) is 5.75 Å². The van der Waals surface area contributed by atoms with E-state index in [-0.39, 0.29) is 0 Å². The van der Waals surface area contributed by atoms with Gasteiger partial charge in [0.15, 0.2) is 5.75 Å². The van der Waals surface area contributed by atoms with Crippen molar-refractivity contribution in [3.8, 4) is 34.2 Å². The molecule has 0 aliphatic carbocycles. The van der Waals surface area contributed by atoms with E-state index in [0.29, 0.717) is 5.75 Å². The zero-order chi connectivity index (χ0) is 27.1. The van der Waals surface area contributed by atoms with E-state index in [0.717, 1.165) is 49.8 Å². The van der Waals surface area contributed by atoms with Gasteiger partial charge in [-0.3, -0.25) is 10.1 Å². The summed E-state index contributed by atoms with van der Waals surface area (Å²) in [6.45, 7) is 9.47. The highest BCUT2D eigenvalue weighted by atomic mass is 16.6. The highest BCUT2D eigenvalue weighted by Crippen LogP contribution is 2.34. The van der Waals surface area contributed by atoms with Crippen LogP contribution >= 0.6 is 0 Å². The van der Waals surface area contributed by atoms with Crippen LogP contribution in [0.2, 0.25) is 0 Å². The first kappa shape index (κ1) is 24.9. The van der Waals surface area contributed by atoms with Gasteiger partial charge >= 0.3 is 6.09 Å². The Hall–Kier alpha value is -4.77. The lowest BCUT2D eigenvalue weighted by molar-refractivity contribution is 0.190. The average Bonchev–Trinajstić information content (AvgIpc) is 3.37. The number of carbonyl (C=O) groups excluding carboxylic acids is 1. The number of hydrogen-bond acceptors (Lipinski definition) is 6. The van der Waals surface area contributed by atoms with E-state index in [1.807, 2.05) is 77.1 Å². The van der Waals surface area contributed by atoms with Gasteiger partial charge < -0.3 is 10.1 Å². The molecule has 8 heteroatoms.